The lowest BCUT2D eigenvalue weighted by molar-refractivity contribution is 0.610. The molecule has 10 heteroatoms. The van der Waals surface area contributed by atoms with E-state index in [9.17, 15) is 0 Å². The Hall–Kier alpha value is 1.40. The smallest absolute Gasteiger partial charge is 0.229 e. The van der Waals surface area contributed by atoms with E-state index in [1.54, 1.807) is 0 Å². The fraction of sp³-hybridized carbons (Fsp3) is 1.00. The van der Waals surface area contributed by atoms with Gasteiger partial charge >= 0.3 is 0 Å². The van der Waals surface area contributed by atoms with E-state index in [0.717, 1.165) is 0 Å². The minimum atomic E-state index is -1.88. The van der Waals surface area contributed by atoms with Crippen LogP contribution in [0.4, 0.5) is 0 Å². The van der Waals surface area contributed by atoms with Gasteiger partial charge in [-0.1, -0.05) is 6.55 Å². The largest absolute Gasteiger partial charge is 0.459 e. The molecule has 0 fully saturated rings. The van der Waals surface area contributed by atoms with Crippen LogP contribution in [0.15, 0.2) is 0 Å². The van der Waals surface area contributed by atoms with Crippen LogP contribution >= 0.6 is 0 Å². The van der Waals surface area contributed by atoms with E-state index >= 15 is 0 Å². The van der Waals surface area contributed by atoms with E-state index in [-0.39, 0.29) is 0 Å². The first kappa shape index (κ1) is 18.4. The van der Waals surface area contributed by atoms with Crippen LogP contribution in [0.3, 0.4) is 0 Å². The van der Waals surface area contributed by atoms with Gasteiger partial charge in [-0.15, -0.1) is 0 Å². The van der Waals surface area contributed by atoms with Crippen LogP contribution in [0.2, 0.25) is 45.8 Å². The molecule has 0 aliphatic heterocycles. The van der Waals surface area contributed by atoms with E-state index in [2.05, 4.69) is 77.3 Å². The summed E-state index contributed by atoms with van der Waals surface area (Å²) in [5.41, 5.74) is 0. The molecular formula is C7H21O3Si7. The minimum absolute atomic E-state index is 1.83. The van der Waals surface area contributed by atoms with Crippen molar-refractivity contribution in [2.75, 3.05) is 0 Å². The average Bonchev–Trinajstić information content (AvgIpc) is 2.27. The Morgan fingerprint density at radius 3 is 0.824 bits per heavy atom. The Bertz CT molecular complexity index is 227. The van der Waals surface area contributed by atoms with Crippen molar-refractivity contribution < 1.29 is 12.3 Å². The van der Waals surface area contributed by atoms with Gasteiger partial charge in [0, 0.05) is 0 Å². The lowest BCUT2D eigenvalue weighted by Gasteiger charge is -2.54. The van der Waals surface area contributed by atoms with Crippen molar-refractivity contribution in [3.05, 3.63) is 0 Å². The Morgan fingerprint density at radius 1 is 0.529 bits per heavy atom. The van der Waals surface area contributed by atoms with Crippen LogP contribution in [-0.4, -0.2) is 61.6 Å². The standard InChI is InChI=1S/C7H21O3Si7/c1-14(2,8-11)17(7,15(3,4)9-12)16(5,6)10-13/h1-7H3. The monoisotopic (exact) mass is 349 g/mol. The van der Waals surface area contributed by atoms with Gasteiger partial charge in [0.2, 0.25) is 31.5 Å². The summed E-state index contributed by atoms with van der Waals surface area (Å²) < 4.78 is 17.3. The zero-order valence-corrected chi connectivity index (χ0v) is 18.7. The Kier molecular flexibility index (Phi) is 6.28. The highest BCUT2D eigenvalue weighted by atomic mass is 29.9. The molecule has 0 aliphatic carbocycles. The average molecular weight is 350 g/mol. The lowest BCUT2D eigenvalue weighted by atomic mass is 11.9. The predicted molar refractivity (Wildman–Crippen MR) is 84.6 cm³/mol. The van der Waals surface area contributed by atoms with Crippen LogP contribution < -0.4 is 0 Å². The fourth-order valence-corrected chi connectivity index (χ4v) is 75.3. The van der Waals surface area contributed by atoms with Gasteiger partial charge in [0.25, 0.3) is 0 Å². The minimum Gasteiger partial charge on any atom is -0.459 e. The van der Waals surface area contributed by atoms with Crippen molar-refractivity contribution in [2.45, 2.75) is 45.8 Å². The Labute approximate surface area is 119 Å². The quantitative estimate of drug-likeness (QED) is 0.675. The van der Waals surface area contributed by atoms with E-state index in [1.807, 2.05) is 0 Å². The molecule has 0 atom stereocenters. The highest BCUT2D eigenvalue weighted by molar-refractivity contribution is 7.87. The van der Waals surface area contributed by atoms with Crippen LogP contribution in [-0.2, 0) is 12.3 Å². The molecule has 0 saturated carbocycles. The molecule has 0 saturated heterocycles. The molecule has 3 nitrogen and oxygen atoms in total. The van der Waals surface area contributed by atoms with Gasteiger partial charge in [-0.3, -0.25) is 0 Å². The highest BCUT2D eigenvalue weighted by Crippen LogP contribution is 2.37. The molecule has 0 amide bonds. The molecule has 0 aromatic carbocycles. The van der Waals surface area contributed by atoms with E-state index < -0.39 is 30.1 Å². The second kappa shape index (κ2) is 5.80. The third kappa shape index (κ3) is 2.95. The molecular weight excluding hydrogens is 329 g/mol. The second-order valence-corrected chi connectivity index (χ2v) is 44.1. The zero-order valence-electron chi connectivity index (χ0n) is 11.7. The topological polar surface area (TPSA) is 27.7 Å². The maximum Gasteiger partial charge on any atom is 0.229 e. The summed E-state index contributed by atoms with van der Waals surface area (Å²) in [5, 5.41) is 0. The zero-order chi connectivity index (χ0) is 14.1. The van der Waals surface area contributed by atoms with Gasteiger partial charge in [0.05, 0.1) is 0 Å². The first-order valence-electron chi connectivity index (χ1n) is 5.47. The molecule has 95 valence electrons. The molecule has 0 spiro atoms. The van der Waals surface area contributed by atoms with Gasteiger partial charge in [0.15, 0.2) is 23.5 Å². The van der Waals surface area contributed by atoms with Crippen molar-refractivity contribution in [1.29, 1.82) is 0 Å². The molecule has 0 rings (SSSR count). The van der Waals surface area contributed by atoms with Crippen molar-refractivity contribution >= 4 is 61.6 Å². The molecule has 0 aromatic heterocycles. The lowest BCUT2D eigenvalue weighted by Crippen LogP contribution is -2.85. The van der Waals surface area contributed by atoms with Crippen molar-refractivity contribution in [3.63, 3.8) is 0 Å². The third-order valence-corrected chi connectivity index (χ3v) is 74.7. The number of hydrogen-bond donors (Lipinski definition) is 0. The fourth-order valence-electron chi connectivity index (χ4n) is 2.48. The van der Waals surface area contributed by atoms with Gasteiger partial charge < -0.3 is 12.3 Å². The maximum absolute atomic E-state index is 5.75. The van der Waals surface area contributed by atoms with Crippen LogP contribution in [0.25, 0.3) is 0 Å². The summed E-state index contributed by atoms with van der Waals surface area (Å²) in [6.07, 6.45) is 0. The molecule has 0 aliphatic rings. The maximum atomic E-state index is 5.75. The summed E-state index contributed by atoms with van der Waals surface area (Å²) in [5.74, 6) is 0. The highest BCUT2D eigenvalue weighted by Gasteiger charge is 2.66. The van der Waals surface area contributed by atoms with E-state index in [1.165, 1.54) is 0 Å². The predicted octanol–water partition coefficient (Wildman–Crippen LogP) is 1.22. The van der Waals surface area contributed by atoms with Gasteiger partial charge in [-0.25, -0.2) is 0 Å². The first-order valence-corrected chi connectivity index (χ1v) is 20.9. The summed E-state index contributed by atoms with van der Waals surface area (Å²) in [6, 6.07) is 0. The van der Waals surface area contributed by atoms with Gasteiger partial charge in [-0.05, 0) is 39.3 Å². The van der Waals surface area contributed by atoms with Gasteiger partial charge in [-0.2, -0.15) is 0 Å². The second-order valence-electron chi connectivity index (χ2n) is 5.96. The molecule has 0 heterocycles. The van der Waals surface area contributed by atoms with Crippen LogP contribution in [0.5, 0.6) is 0 Å². The summed E-state index contributed by atoms with van der Waals surface area (Å²) in [4.78, 5) is 0. The Morgan fingerprint density at radius 2 is 0.706 bits per heavy atom. The Balaban J connectivity index is 5.88. The van der Waals surface area contributed by atoms with Crippen LogP contribution in [0.1, 0.15) is 0 Å². The molecule has 0 unspecified atom stereocenters. The molecule has 0 bridgehead atoms. The first-order chi connectivity index (χ1) is 7.43. The number of rotatable bonds is 6. The third-order valence-electron chi connectivity index (χ3n) is 4.38. The molecule has 0 N–H and O–H groups in total. The normalized spacial score (nSPS) is 15.2. The number of hydrogen-bond acceptors (Lipinski definition) is 3. The van der Waals surface area contributed by atoms with Crippen molar-refractivity contribution in [1.82, 2.24) is 0 Å². The summed E-state index contributed by atoms with van der Waals surface area (Å²) in [7, 11) is 4.26. The molecule has 17 heavy (non-hydrogen) atoms. The SMILES string of the molecule is C[Si](C)(O[Si])[Si](C)([Si](C)(C)O[Si])[Si](C)(C)O[Si]. The van der Waals surface area contributed by atoms with E-state index in [4.69, 9.17) is 12.3 Å². The van der Waals surface area contributed by atoms with Crippen molar-refractivity contribution in [3.8, 4) is 0 Å². The molecule has 0 aromatic rings. The van der Waals surface area contributed by atoms with Gasteiger partial charge in [0.1, 0.15) is 6.63 Å². The summed E-state index contributed by atoms with van der Waals surface area (Å²) in [6.45, 7) is 14.1. The van der Waals surface area contributed by atoms with Crippen molar-refractivity contribution in [2.24, 2.45) is 0 Å². The molecule has 9 radical (unpaired) electrons. The van der Waals surface area contributed by atoms with E-state index in [0.29, 0.717) is 0 Å². The summed E-state index contributed by atoms with van der Waals surface area (Å²) >= 11 is 0. The van der Waals surface area contributed by atoms with Crippen LogP contribution in [0, 0.1) is 0 Å².